The lowest BCUT2D eigenvalue weighted by Gasteiger charge is -2.16. The van der Waals surface area contributed by atoms with E-state index in [9.17, 15) is 14.0 Å². The van der Waals surface area contributed by atoms with Gasteiger partial charge in [-0.1, -0.05) is 42.0 Å². The Morgan fingerprint density at radius 1 is 1.00 bits per heavy atom. The van der Waals surface area contributed by atoms with Crippen molar-refractivity contribution in [1.82, 2.24) is 14.9 Å². The van der Waals surface area contributed by atoms with Crippen LogP contribution in [0.1, 0.15) is 34.7 Å². The summed E-state index contributed by atoms with van der Waals surface area (Å²) in [4.78, 5) is 30.1. The first-order chi connectivity index (χ1) is 15.4. The zero-order valence-electron chi connectivity index (χ0n) is 17.8. The lowest BCUT2D eigenvalue weighted by atomic mass is 10.1. The molecule has 7 heteroatoms. The van der Waals surface area contributed by atoms with Crippen LogP contribution in [-0.2, 0) is 11.3 Å². The van der Waals surface area contributed by atoms with Gasteiger partial charge in [-0.25, -0.2) is 9.37 Å². The van der Waals surface area contributed by atoms with Crippen LogP contribution in [-0.4, -0.2) is 21.4 Å². The van der Waals surface area contributed by atoms with Gasteiger partial charge in [-0.2, -0.15) is 0 Å². The lowest BCUT2D eigenvalue weighted by molar-refractivity contribution is -0.116. The van der Waals surface area contributed by atoms with E-state index in [1.807, 2.05) is 50.2 Å². The van der Waals surface area contributed by atoms with E-state index in [1.54, 1.807) is 28.8 Å². The SMILES string of the molecule is Cc1ccc(C(=O)NC(C)c2nc3ccccc3n2CC(=O)Nc2ccccc2F)cc1. The minimum absolute atomic E-state index is 0.0745. The molecule has 2 amide bonds. The second-order valence-corrected chi connectivity index (χ2v) is 7.63. The number of benzene rings is 3. The minimum Gasteiger partial charge on any atom is -0.342 e. The molecule has 0 fully saturated rings. The van der Waals surface area contributed by atoms with Crippen molar-refractivity contribution in [2.75, 3.05) is 5.32 Å². The predicted octanol–water partition coefficient (Wildman–Crippen LogP) is 4.61. The highest BCUT2D eigenvalue weighted by Crippen LogP contribution is 2.22. The van der Waals surface area contributed by atoms with E-state index in [4.69, 9.17) is 0 Å². The van der Waals surface area contributed by atoms with Gasteiger partial charge in [0.2, 0.25) is 5.91 Å². The highest BCUT2D eigenvalue weighted by atomic mass is 19.1. The fourth-order valence-corrected chi connectivity index (χ4v) is 3.54. The molecule has 1 atom stereocenters. The first-order valence-electron chi connectivity index (χ1n) is 10.3. The molecule has 4 rings (SSSR count). The molecule has 0 aliphatic rings. The number of aryl methyl sites for hydroxylation is 1. The van der Waals surface area contributed by atoms with E-state index in [0.717, 1.165) is 11.1 Å². The van der Waals surface area contributed by atoms with E-state index in [-0.39, 0.29) is 18.1 Å². The maximum absolute atomic E-state index is 13.9. The van der Waals surface area contributed by atoms with Crippen LogP contribution in [0.4, 0.5) is 10.1 Å². The van der Waals surface area contributed by atoms with E-state index in [0.29, 0.717) is 16.9 Å². The summed E-state index contributed by atoms with van der Waals surface area (Å²) < 4.78 is 15.7. The maximum Gasteiger partial charge on any atom is 0.251 e. The molecule has 162 valence electrons. The lowest BCUT2D eigenvalue weighted by Crippen LogP contribution is -2.30. The summed E-state index contributed by atoms with van der Waals surface area (Å²) in [5, 5.41) is 5.55. The third-order valence-electron chi connectivity index (χ3n) is 5.18. The van der Waals surface area contributed by atoms with Crippen LogP contribution < -0.4 is 10.6 Å². The summed E-state index contributed by atoms with van der Waals surface area (Å²) in [6.45, 7) is 3.70. The average Bonchev–Trinajstić information content (AvgIpc) is 3.14. The van der Waals surface area contributed by atoms with Gasteiger partial charge in [0, 0.05) is 5.56 Å². The van der Waals surface area contributed by atoms with Crippen LogP contribution in [0.5, 0.6) is 0 Å². The number of rotatable bonds is 6. The van der Waals surface area contributed by atoms with E-state index in [2.05, 4.69) is 15.6 Å². The molecule has 1 unspecified atom stereocenters. The molecule has 0 aliphatic heterocycles. The number of amides is 2. The second-order valence-electron chi connectivity index (χ2n) is 7.63. The third kappa shape index (κ3) is 4.51. The summed E-state index contributed by atoms with van der Waals surface area (Å²) in [7, 11) is 0. The monoisotopic (exact) mass is 430 g/mol. The topological polar surface area (TPSA) is 76.0 Å². The number of halogens is 1. The van der Waals surface area contributed by atoms with Gasteiger partial charge in [-0.05, 0) is 50.2 Å². The first kappa shape index (κ1) is 21.2. The van der Waals surface area contributed by atoms with Crippen molar-refractivity contribution in [3.8, 4) is 0 Å². The van der Waals surface area contributed by atoms with Crippen LogP contribution in [0.15, 0.2) is 72.8 Å². The summed E-state index contributed by atoms with van der Waals surface area (Å²) in [6.07, 6.45) is 0. The zero-order valence-corrected chi connectivity index (χ0v) is 17.8. The Morgan fingerprint density at radius 3 is 2.44 bits per heavy atom. The smallest absolute Gasteiger partial charge is 0.251 e. The van der Waals surface area contributed by atoms with Gasteiger partial charge in [-0.15, -0.1) is 0 Å². The van der Waals surface area contributed by atoms with Gasteiger partial charge < -0.3 is 15.2 Å². The number of hydrogen-bond donors (Lipinski definition) is 2. The van der Waals surface area contributed by atoms with Crippen molar-refractivity contribution < 1.29 is 14.0 Å². The first-order valence-corrected chi connectivity index (χ1v) is 10.3. The molecule has 6 nitrogen and oxygen atoms in total. The van der Waals surface area contributed by atoms with Gasteiger partial charge in [0.15, 0.2) is 0 Å². The summed E-state index contributed by atoms with van der Waals surface area (Å²) >= 11 is 0. The van der Waals surface area contributed by atoms with Crippen LogP contribution in [0, 0.1) is 12.7 Å². The van der Waals surface area contributed by atoms with Crippen molar-refractivity contribution in [1.29, 1.82) is 0 Å². The second kappa shape index (κ2) is 9.01. The third-order valence-corrected chi connectivity index (χ3v) is 5.18. The Labute approximate surface area is 185 Å². The fourth-order valence-electron chi connectivity index (χ4n) is 3.54. The molecule has 1 heterocycles. The molecule has 0 spiro atoms. The molecule has 0 saturated carbocycles. The van der Waals surface area contributed by atoms with E-state index >= 15 is 0 Å². The van der Waals surface area contributed by atoms with Crippen molar-refractivity contribution in [3.63, 3.8) is 0 Å². The standard InChI is InChI=1S/C25H23FN4O2/c1-16-11-13-18(14-12-16)25(32)27-17(2)24-29-21-9-5-6-10-22(21)30(24)15-23(31)28-20-8-4-3-7-19(20)26/h3-14,17H,15H2,1-2H3,(H,27,32)(H,28,31). The molecule has 32 heavy (non-hydrogen) atoms. The number of para-hydroxylation sites is 3. The molecule has 0 bridgehead atoms. The van der Waals surface area contributed by atoms with Gasteiger partial charge in [0.25, 0.3) is 5.91 Å². The number of nitrogens with one attached hydrogen (secondary N) is 2. The van der Waals surface area contributed by atoms with Crippen molar-refractivity contribution in [2.45, 2.75) is 26.4 Å². The summed E-state index contributed by atoms with van der Waals surface area (Å²) in [5.74, 6) is -0.589. The number of nitrogens with zero attached hydrogens (tertiary/aromatic N) is 2. The highest BCUT2D eigenvalue weighted by Gasteiger charge is 2.21. The molecule has 0 saturated heterocycles. The Hall–Kier alpha value is -4.00. The van der Waals surface area contributed by atoms with E-state index < -0.39 is 17.8 Å². The van der Waals surface area contributed by atoms with Crippen molar-refractivity contribution in [2.24, 2.45) is 0 Å². The number of hydrogen-bond acceptors (Lipinski definition) is 3. The molecule has 0 radical (unpaired) electrons. The Kier molecular flexibility index (Phi) is 5.98. The molecule has 3 aromatic carbocycles. The highest BCUT2D eigenvalue weighted by molar-refractivity contribution is 5.94. The minimum atomic E-state index is -0.504. The largest absolute Gasteiger partial charge is 0.342 e. The zero-order chi connectivity index (χ0) is 22.7. The van der Waals surface area contributed by atoms with Crippen LogP contribution in [0.25, 0.3) is 11.0 Å². The molecule has 4 aromatic rings. The van der Waals surface area contributed by atoms with Crippen molar-refractivity contribution >= 4 is 28.5 Å². The van der Waals surface area contributed by atoms with Gasteiger partial charge in [0.05, 0.1) is 22.8 Å². The summed E-state index contributed by atoms with van der Waals surface area (Å²) in [5.41, 5.74) is 3.18. The number of fused-ring (bicyclic) bond motifs is 1. The number of imidazole rings is 1. The van der Waals surface area contributed by atoms with Crippen molar-refractivity contribution in [3.05, 3.63) is 95.6 Å². The Morgan fingerprint density at radius 2 is 1.69 bits per heavy atom. The van der Waals surface area contributed by atoms with Gasteiger partial charge in [0.1, 0.15) is 18.2 Å². The number of aromatic nitrogens is 2. The van der Waals surface area contributed by atoms with Crippen LogP contribution in [0.2, 0.25) is 0 Å². The predicted molar refractivity (Wildman–Crippen MR) is 122 cm³/mol. The molecular formula is C25H23FN4O2. The van der Waals surface area contributed by atoms with Crippen LogP contribution in [0.3, 0.4) is 0 Å². The molecular weight excluding hydrogens is 407 g/mol. The maximum atomic E-state index is 13.9. The molecule has 2 N–H and O–H groups in total. The average molecular weight is 430 g/mol. The normalized spacial score (nSPS) is 11.8. The molecule has 1 aromatic heterocycles. The number of carbonyl (C=O) groups excluding carboxylic acids is 2. The number of carbonyl (C=O) groups is 2. The fraction of sp³-hybridized carbons (Fsp3) is 0.160. The number of anilines is 1. The van der Waals surface area contributed by atoms with Gasteiger partial charge >= 0.3 is 0 Å². The van der Waals surface area contributed by atoms with E-state index in [1.165, 1.54) is 12.1 Å². The molecule has 0 aliphatic carbocycles. The van der Waals surface area contributed by atoms with Gasteiger partial charge in [-0.3, -0.25) is 9.59 Å². The Bertz CT molecular complexity index is 1280. The Balaban J connectivity index is 1.59. The quantitative estimate of drug-likeness (QED) is 0.469. The van der Waals surface area contributed by atoms with Crippen LogP contribution >= 0.6 is 0 Å². The summed E-state index contributed by atoms with van der Waals surface area (Å²) in [6, 6.07) is 20.2.